The first-order chi connectivity index (χ1) is 22.5. The van der Waals surface area contributed by atoms with Gasteiger partial charge in [0.15, 0.2) is 0 Å². The van der Waals surface area contributed by atoms with Crippen molar-refractivity contribution in [3.63, 3.8) is 0 Å². The molecule has 0 bridgehead atoms. The topological polar surface area (TPSA) is 106 Å². The molecule has 1 aromatic heterocycles. The van der Waals surface area contributed by atoms with Crippen molar-refractivity contribution in [2.45, 2.75) is 11.7 Å². The van der Waals surface area contributed by atoms with Gasteiger partial charge in [0, 0.05) is 17.5 Å². The van der Waals surface area contributed by atoms with E-state index in [9.17, 15) is 9.90 Å². The third-order valence-electron chi connectivity index (χ3n) is 7.44. The zero-order chi connectivity index (χ0) is 32.2. The maximum atomic E-state index is 11.5. The Hall–Kier alpha value is -4.67. The number of hydrogen-bond acceptors (Lipinski definition) is 9. The van der Waals surface area contributed by atoms with Crippen molar-refractivity contribution < 1.29 is 37.9 Å². The molecule has 1 heterocycles. The van der Waals surface area contributed by atoms with Gasteiger partial charge in [0.25, 0.3) is 0 Å². The van der Waals surface area contributed by atoms with Gasteiger partial charge >= 0.3 is 5.63 Å². The van der Waals surface area contributed by atoms with Crippen LogP contribution >= 0.6 is 0 Å². The Morgan fingerprint density at radius 3 is 1.87 bits per heavy atom. The number of aliphatic hydroxyl groups is 1. The van der Waals surface area contributed by atoms with Crippen LogP contribution < -0.4 is 19.8 Å². The van der Waals surface area contributed by atoms with Gasteiger partial charge < -0.3 is 37.9 Å². The molecule has 0 aliphatic heterocycles. The summed E-state index contributed by atoms with van der Waals surface area (Å²) in [6.45, 7) is 1.34. The van der Waals surface area contributed by atoms with Gasteiger partial charge in [0.1, 0.15) is 41.1 Å². The summed E-state index contributed by atoms with van der Waals surface area (Å²) < 4.78 is 39.8. The van der Waals surface area contributed by atoms with E-state index in [0.29, 0.717) is 37.8 Å². The smallest absolute Gasteiger partial charge is 0.336 e. The van der Waals surface area contributed by atoms with E-state index in [1.165, 1.54) is 6.07 Å². The standard InChI is InChI=1S/C37H38O9/c1-40-32-15-10-29(11-16-32)37(28-6-4-3-5-7-28,30-12-17-33(41-2)18-13-30)45-23-22-42-20-21-43-25-31(38)26-44-34-14-8-27-9-19-36(39)46-35(27)24-34/h3-19,24,31,38H,20-23,25-26H2,1-2H3. The first-order valence-electron chi connectivity index (χ1n) is 15.0. The Kier molecular flexibility index (Phi) is 11.4. The molecule has 1 N–H and O–H groups in total. The number of aliphatic hydroxyl groups excluding tert-OH is 1. The first-order valence-corrected chi connectivity index (χ1v) is 15.0. The van der Waals surface area contributed by atoms with Gasteiger partial charge in [-0.3, -0.25) is 0 Å². The predicted molar refractivity (Wildman–Crippen MR) is 174 cm³/mol. The molecule has 0 aliphatic rings. The van der Waals surface area contributed by atoms with E-state index in [1.807, 2.05) is 66.7 Å². The van der Waals surface area contributed by atoms with Crippen LogP contribution in [-0.4, -0.2) is 65.1 Å². The number of ether oxygens (including phenoxy) is 6. The highest BCUT2D eigenvalue weighted by Gasteiger charge is 2.37. The summed E-state index contributed by atoms with van der Waals surface area (Å²) in [6.07, 6.45) is -0.845. The van der Waals surface area contributed by atoms with Gasteiger partial charge in [-0.2, -0.15) is 0 Å². The Labute approximate surface area is 267 Å². The molecule has 0 spiro atoms. The monoisotopic (exact) mass is 626 g/mol. The van der Waals surface area contributed by atoms with E-state index in [1.54, 1.807) is 38.5 Å². The fraction of sp³-hybridized carbons (Fsp3) is 0.270. The molecule has 0 radical (unpaired) electrons. The molecule has 0 aliphatic carbocycles. The minimum Gasteiger partial charge on any atom is -0.497 e. The summed E-state index contributed by atoms with van der Waals surface area (Å²) in [4.78, 5) is 11.5. The van der Waals surface area contributed by atoms with Crippen LogP contribution in [-0.2, 0) is 19.8 Å². The SMILES string of the molecule is COc1ccc(C(OCCOCCOCC(O)COc2ccc3ccc(=O)oc3c2)(c2ccccc2)c2ccc(OC)cc2)cc1. The molecule has 0 saturated carbocycles. The van der Waals surface area contributed by atoms with E-state index >= 15 is 0 Å². The van der Waals surface area contributed by atoms with Gasteiger partial charge in [0.05, 0.1) is 47.3 Å². The van der Waals surface area contributed by atoms with Crippen molar-refractivity contribution in [2.75, 3.05) is 53.9 Å². The highest BCUT2D eigenvalue weighted by atomic mass is 16.6. The van der Waals surface area contributed by atoms with Gasteiger partial charge in [-0.15, -0.1) is 0 Å². The summed E-state index contributed by atoms with van der Waals surface area (Å²) in [5, 5.41) is 11.1. The van der Waals surface area contributed by atoms with Crippen LogP contribution in [0.2, 0.25) is 0 Å². The first kappa shape index (κ1) is 32.7. The minimum absolute atomic E-state index is 0.0234. The van der Waals surface area contributed by atoms with Crippen molar-refractivity contribution in [3.8, 4) is 17.2 Å². The molecule has 0 amide bonds. The molecule has 5 aromatic rings. The van der Waals surface area contributed by atoms with Gasteiger partial charge in [0.2, 0.25) is 0 Å². The molecule has 240 valence electrons. The lowest BCUT2D eigenvalue weighted by molar-refractivity contribution is -0.0425. The Morgan fingerprint density at radius 1 is 0.652 bits per heavy atom. The second kappa shape index (κ2) is 16.1. The number of fused-ring (bicyclic) bond motifs is 1. The molecule has 0 saturated heterocycles. The summed E-state index contributed by atoms with van der Waals surface area (Å²) in [6, 6.07) is 34.0. The lowest BCUT2D eigenvalue weighted by Gasteiger charge is -2.36. The maximum absolute atomic E-state index is 11.5. The quantitative estimate of drug-likeness (QED) is 0.0803. The maximum Gasteiger partial charge on any atom is 0.336 e. The normalized spacial score (nSPS) is 12.2. The molecule has 46 heavy (non-hydrogen) atoms. The zero-order valence-corrected chi connectivity index (χ0v) is 25.9. The third-order valence-corrected chi connectivity index (χ3v) is 7.44. The number of rotatable bonds is 17. The largest absolute Gasteiger partial charge is 0.497 e. The summed E-state index contributed by atoms with van der Waals surface area (Å²) in [5.41, 5.74) is 1.93. The van der Waals surface area contributed by atoms with Crippen LogP contribution in [0, 0.1) is 0 Å². The van der Waals surface area contributed by atoms with Crippen molar-refractivity contribution in [1.29, 1.82) is 0 Å². The Balaban J connectivity index is 1.14. The molecule has 4 aromatic carbocycles. The molecule has 5 rings (SSSR count). The van der Waals surface area contributed by atoms with Crippen LogP contribution in [0.15, 0.2) is 118 Å². The average Bonchev–Trinajstić information content (AvgIpc) is 3.10. The van der Waals surface area contributed by atoms with Crippen LogP contribution in [0.25, 0.3) is 11.0 Å². The highest BCUT2D eigenvalue weighted by Crippen LogP contribution is 2.41. The lowest BCUT2D eigenvalue weighted by atomic mass is 9.80. The second-order valence-electron chi connectivity index (χ2n) is 10.5. The molecular weight excluding hydrogens is 588 g/mol. The van der Waals surface area contributed by atoms with Crippen LogP contribution in [0.1, 0.15) is 16.7 Å². The van der Waals surface area contributed by atoms with E-state index < -0.39 is 17.3 Å². The molecule has 9 heteroatoms. The molecular formula is C37H38O9. The average molecular weight is 627 g/mol. The molecule has 9 nitrogen and oxygen atoms in total. The number of benzene rings is 4. The van der Waals surface area contributed by atoms with E-state index in [4.69, 9.17) is 32.8 Å². The van der Waals surface area contributed by atoms with E-state index in [0.717, 1.165) is 33.6 Å². The second-order valence-corrected chi connectivity index (χ2v) is 10.5. The van der Waals surface area contributed by atoms with Gasteiger partial charge in [-0.05, 0) is 59.2 Å². The summed E-state index contributed by atoms with van der Waals surface area (Å²) >= 11 is 0. The lowest BCUT2D eigenvalue weighted by Crippen LogP contribution is -2.34. The van der Waals surface area contributed by atoms with Crippen LogP contribution in [0.4, 0.5) is 0 Å². The number of hydrogen-bond donors (Lipinski definition) is 1. The molecule has 1 atom stereocenters. The highest BCUT2D eigenvalue weighted by molar-refractivity contribution is 5.77. The van der Waals surface area contributed by atoms with Crippen molar-refractivity contribution in [2.24, 2.45) is 0 Å². The van der Waals surface area contributed by atoms with Crippen LogP contribution in [0.5, 0.6) is 17.2 Å². The van der Waals surface area contributed by atoms with Gasteiger partial charge in [-0.1, -0.05) is 54.6 Å². The van der Waals surface area contributed by atoms with E-state index in [2.05, 4.69) is 12.1 Å². The number of methoxy groups -OCH3 is 2. The fourth-order valence-corrected chi connectivity index (χ4v) is 5.14. The third kappa shape index (κ3) is 8.13. The Bertz CT molecular complexity index is 1650. The van der Waals surface area contributed by atoms with Crippen molar-refractivity contribution >= 4 is 11.0 Å². The summed E-state index contributed by atoms with van der Waals surface area (Å²) in [5.74, 6) is 1.99. The van der Waals surface area contributed by atoms with Crippen molar-refractivity contribution in [3.05, 3.63) is 136 Å². The summed E-state index contributed by atoms with van der Waals surface area (Å²) in [7, 11) is 3.29. The fourth-order valence-electron chi connectivity index (χ4n) is 5.14. The molecule has 1 unspecified atom stereocenters. The molecule has 0 fully saturated rings. The van der Waals surface area contributed by atoms with Crippen LogP contribution in [0.3, 0.4) is 0 Å². The minimum atomic E-state index is -0.916. The van der Waals surface area contributed by atoms with Gasteiger partial charge in [-0.25, -0.2) is 4.79 Å². The van der Waals surface area contributed by atoms with Crippen molar-refractivity contribution in [1.82, 2.24) is 0 Å². The Morgan fingerprint density at radius 2 is 1.22 bits per heavy atom. The predicted octanol–water partition coefficient (Wildman–Crippen LogP) is 5.59. The zero-order valence-electron chi connectivity index (χ0n) is 25.9. The van der Waals surface area contributed by atoms with E-state index in [-0.39, 0.29) is 13.2 Å².